The summed E-state index contributed by atoms with van der Waals surface area (Å²) in [5.41, 5.74) is 1.27. The molecule has 1 aromatic heterocycles. The van der Waals surface area contributed by atoms with Crippen LogP contribution in [0.3, 0.4) is 0 Å². The molecule has 1 atom stereocenters. The zero-order chi connectivity index (χ0) is 10.9. The highest BCUT2D eigenvalue weighted by molar-refractivity contribution is 6.30. The molecule has 15 heavy (non-hydrogen) atoms. The molecule has 0 aliphatic carbocycles. The Bertz CT molecular complexity index is 367. The monoisotopic (exact) mass is 225 g/mol. The number of halogens is 1. The minimum absolute atomic E-state index is 0.271. The molecule has 1 unspecified atom stereocenters. The van der Waals surface area contributed by atoms with Gasteiger partial charge < -0.3 is 10.6 Å². The van der Waals surface area contributed by atoms with Gasteiger partial charge in [-0.2, -0.15) is 0 Å². The molecule has 0 amide bonds. The quantitative estimate of drug-likeness (QED) is 0.772. The second-order valence-corrected chi connectivity index (χ2v) is 4.86. The molecule has 0 saturated carbocycles. The van der Waals surface area contributed by atoms with E-state index in [9.17, 15) is 0 Å². The molecule has 1 aliphatic rings. The third-order valence-electron chi connectivity index (χ3n) is 3.10. The summed E-state index contributed by atoms with van der Waals surface area (Å²) in [6.07, 6.45) is 2.80. The Kier molecular flexibility index (Phi) is 2.74. The summed E-state index contributed by atoms with van der Waals surface area (Å²) < 4.78 is 0. The number of aromatic nitrogens is 1. The Morgan fingerprint density at radius 1 is 1.47 bits per heavy atom. The molecular formula is C11H16ClN3. The minimum Gasteiger partial charge on any atom is -0.381 e. The SMILES string of the molecule is CCC1(C)CNc2cc(Cl)cnc2NC1. The minimum atomic E-state index is 0.271. The average molecular weight is 226 g/mol. The number of pyridine rings is 1. The first-order valence-corrected chi connectivity index (χ1v) is 5.64. The average Bonchev–Trinajstić information content (AvgIpc) is 2.40. The number of nitrogens with one attached hydrogen (secondary N) is 2. The van der Waals surface area contributed by atoms with E-state index < -0.39 is 0 Å². The van der Waals surface area contributed by atoms with Crippen LogP contribution >= 0.6 is 11.6 Å². The maximum atomic E-state index is 5.90. The van der Waals surface area contributed by atoms with E-state index in [2.05, 4.69) is 29.5 Å². The van der Waals surface area contributed by atoms with Gasteiger partial charge in [0.1, 0.15) is 5.82 Å². The van der Waals surface area contributed by atoms with Crippen LogP contribution in [0.5, 0.6) is 0 Å². The van der Waals surface area contributed by atoms with Crippen molar-refractivity contribution in [3.05, 3.63) is 17.3 Å². The predicted molar refractivity (Wildman–Crippen MR) is 64.6 cm³/mol. The number of hydrogen-bond donors (Lipinski definition) is 2. The standard InChI is InChI=1S/C11H16ClN3/c1-3-11(2)6-14-9-4-8(12)5-13-10(9)15-7-11/h4-5,14H,3,6-7H2,1-2H3,(H,13,15). The first-order chi connectivity index (χ1) is 7.13. The van der Waals surface area contributed by atoms with Gasteiger partial charge in [0.05, 0.1) is 10.7 Å². The molecule has 2 heterocycles. The first kappa shape index (κ1) is 10.6. The summed E-state index contributed by atoms with van der Waals surface area (Å²) in [7, 11) is 0. The second kappa shape index (κ2) is 3.89. The molecule has 82 valence electrons. The summed E-state index contributed by atoms with van der Waals surface area (Å²) >= 11 is 5.90. The summed E-state index contributed by atoms with van der Waals surface area (Å²) in [5.74, 6) is 0.900. The zero-order valence-corrected chi connectivity index (χ0v) is 9.86. The van der Waals surface area contributed by atoms with Gasteiger partial charge in [0.2, 0.25) is 0 Å². The number of fused-ring (bicyclic) bond motifs is 1. The Hall–Kier alpha value is -0.960. The maximum Gasteiger partial charge on any atom is 0.149 e. The smallest absolute Gasteiger partial charge is 0.149 e. The van der Waals surface area contributed by atoms with Gasteiger partial charge in [-0.1, -0.05) is 25.4 Å². The fraction of sp³-hybridized carbons (Fsp3) is 0.545. The Morgan fingerprint density at radius 3 is 2.93 bits per heavy atom. The highest BCUT2D eigenvalue weighted by Gasteiger charge is 2.25. The molecule has 1 aliphatic heterocycles. The first-order valence-electron chi connectivity index (χ1n) is 5.26. The highest BCUT2D eigenvalue weighted by Crippen LogP contribution is 2.30. The van der Waals surface area contributed by atoms with E-state index in [4.69, 9.17) is 11.6 Å². The topological polar surface area (TPSA) is 37.0 Å². The molecule has 1 aromatic rings. The molecule has 2 rings (SSSR count). The molecule has 2 N–H and O–H groups in total. The van der Waals surface area contributed by atoms with Crippen molar-refractivity contribution in [2.75, 3.05) is 23.7 Å². The van der Waals surface area contributed by atoms with Gasteiger partial charge in [-0.25, -0.2) is 4.98 Å². The Balaban J connectivity index is 2.25. The van der Waals surface area contributed by atoms with Crippen LogP contribution in [0.2, 0.25) is 5.02 Å². The molecule has 0 bridgehead atoms. The van der Waals surface area contributed by atoms with Crippen LogP contribution in [0, 0.1) is 5.41 Å². The molecule has 0 aromatic carbocycles. The zero-order valence-electron chi connectivity index (χ0n) is 9.10. The van der Waals surface area contributed by atoms with E-state index >= 15 is 0 Å². The molecule has 0 spiro atoms. The normalized spacial score (nSPS) is 24.7. The van der Waals surface area contributed by atoms with Crippen molar-refractivity contribution in [1.82, 2.24) is 4.98 Å². The van der Waals surface area contributed by atoms with Gasteiger partial charge >= 0.3 is 0 Å². The van der Waals surface area contributed by atoms with Crippen LogP contribution in [0.15, 0.2) is 12.3 Å². The number of rotatable bonds is 1. The van der Waals surface area contributed by atoms with Crippen molar-refractivity contribution in [2.45, 2.75) is 20.3 Å². The van der Waals surface area contributed by atoms with Crippen molar-refractivity contribution in [2.24, 2.45) is 5.41 Å². The van der Waals surface area contributed by atoms with Crippen LogP contribution < -0.4 is 10.6 Å². The third-order valence-corrected chi connectivity index (χ3v) is 3.30. The van der Waals surface area contributed by atoms with Crippen molar-refractivity contribution < 1.29 is 0 Å². The van der Waals surface area contributed by atoms with Crippen molar-refractivity contribution in [1.29, 1.82) is 0 Å². The van der Waals surface area contributed by atoms with E-state index in [-0.39, 0.29) is 5.41 Å². The van der Waals surface area contributed by atoms with Crippen LogP contribution in [-0.4, -0.2) is 18.1 Å². The molecule has 4 heteroatoms. The van der Waals surface area contributed by atoms with Gasteiger partial charge in [-0.15, -0.1) is 0 Å². The summed E-state index contributed by atoms with van der Waals surface area (Å²) in [4.78, 5) is 4.27. The lowest BCUT2D eigenvalue weighted by Gasteiger charge is -2.25. The van der Waals surface area contributed by atoms with Crippen molar-refractivity contribution in [3.63, 3.8) is 0 Å². The predicted octanol–water partition coefficient (Wildman–Crippen LogP) is 2.99. The van der Waals surface area contributed by atoms with Gasteiger partial charge in [-0.05, 0) is 12.5 Å². The lowest BCUT2D eigenvalue weighted by Crippen LogP contribution is -2.30. The maximum absolute atomic E-state index is 5.90. The van der Waals surface area contributed by atoms with Gasteiger partial charge in [0.25, 0.3) is 0 Å². The van der Waals surface area contributed by atoms with E-state index in [1.165, 1.54) is 0 Å². The summed E-state index contributed by atoms with van der Waals surface area (Å²) in [6, 6.07) is 1.91. The lowest BCUT2D eigenvalue weighted by molar-refractivity contribution is 0.360. The number of anilines is 2. The van der Waals surface area contributed by atoms with Gasteiger partial charge in [0, 0.05) is 24.7 Å². The fourth-order valence-corrected chi connectivity index (χ4v) is 1.79. The fourth-order valence-electron chi connectivity index (χ4n) is 1.63. The summed E-state index contributed by atoms with van der Waals surface area (Å²) in [5, 5.41) is 7.43. The lowest BCUT2D eigenvalue weighted by atomic mass is 9.88. The van der Waals surface area contributed by atoms with Crippen LogP contribution in [0.4, 0.5) is 11.5 Å². The Morgan fingerprint density at radius 2 is 2.20 bits per heavy atom. The molecular weight excluding hydrogens is 210 g/mol. The van der Waals surface area contributed by atoms with Crippen LogP contribution in [0.1, 0.15) is 20.3 Å². The van der Waals surface area contributed by atoms with Crippen molar-refractivity contribution >= 4 is 23.1 Å². The summed E-state index contributed by atoms with van der Waals surface area (Å²) in [6.45, 7) is 6.36. The highest BCUT2D eigenvalue weighted by atomic mass is 35.5. The van der Waals surface area contributed by atoms with E-state index in [0.717, 1.165) is 31.0 Å². The van der Waals surface area contributed by atoms with E-state index in [1.807, 2.05) is 6.07 Å². The largest absolute Gasteiger partial charge is 0.381 e. The Labute approximate surface area is 95.2 Å². The van der Waals surface area contributed by atoms with Gasteiger partial charge in [0.15, 0.2) is 0 Å². The van der Waals surface area contributed by atoms with Crippen LogP contribution in [0.25, 0.3) is 0 Å². The number of nitrogens with zero attached hydrogens (tertiary/aromatic N) is 1. The molecule has 0 radical (unpaired) electrons. The van der Waals surface area contributed by atoms with Crippen LogP contribution in [-0.2, 0) is 0 Å². The number of hydrogen-bond acceptors (Lipinski definition) is 3. The van der Waals surface area contributed by atoms with E-state index in [1.54, 1.807) is 6.20 Å². The molecule has 3 nitrogen and oxygen atoms in total. The van der Waals surface area contributed by atoms with Crippen molar-refractivity contribution in [3.8, 4) is 0 Å². The molecule has 0 fully saturated rings. The second-order valence-electron chi connectivity index (χ2n) is 4.42. The third kappa shape index (κ3) is 2.17. The molecule has 0 saturated heterocycles. The van der Waals surface area contributed by atoms with Gasteiger partial charge in [-0.3, -0.25) is 0 Å². The van der Waals surface area contributed by atoms with E-state index in [0.29, 0.717) is 5.02 Å².